The zero-order chi connectivity index (χ0) is 15.4. The van der Waals surface area contributed by atoms with Gasteiger partial charge in [-0.25, -0.2) is 4.39 Å². The molecule has 0 bridgehead atoms. The summed E-state index contributed by atoms with van der Waals surface area (Å²) < 4.78 is 24.9. The first-order chi connectivity index (χ1) is 9.22. The summed E-state index contributed by atoms with van der Waals surface area (Å²) in [5, 5.41) is 13.2. The maximum Gasteiger partial charge on any atom is 0.270 e. The Kier molecular flexibility index (Phi) is 5.32. The highest BCUT2D eigenvalue weighted by molar-refractivity contribution is 7.84. The van der Waals surface area contributed by atoms with Crippen molar-refractivity contribution in [3.05, 3.63) is 39.2 Å². The van der Waals surface area contributed by atoms with Gasteiger partial charge in [0, 0.05) is 41.0 Å². The van der Waals surface area contributed by atoms with E-state index in [0.29, 0.717) is 0 Å². The number of nitrogens with one attached hydrogen (secondary N) is 1. The van der Waals surface area contributed by atoms with Crippen molar-refractivity contribution in [2.75, 3.05) is 12.0 Å². The minimum absolute atomic E-state index is 0.0241. The van der Waals surface area contributed by atoms with E-state index in [0.717, 1.165) is 12.1 Å². The van der Waals surface area contributed by atoms with Crippen molar-refractivity contribution in [3.63, 3.8) is 0 Å². The second-order valence-corrected chi connectivity index (χ2v) is 5.98. The Bertz CT molecular complexity index is 577. The van der Waals surface area contributed by atoms with Gasteiger partial charge in [-0.2, -0.15) is 0 Å². The van der Waals surface area contributed by atoms with Crippen LogP contribution in [0.2, 0.25) is 0 Å². The van der Waals surface area contributed by atoms with Crippen LogP contribution in [0.4, 0.5) is 10.1 Å². The molecule has 0 heterocycles. The summed E-state index contributed by atoms with van der Waals surface area (Å²) in [7, 11) is -1.11. The molecule has 0 aliphatic carbocycles. The van der Waals surface area contributed by atoms with Crippen LogP contribution in [-0.4, -0.2) is 33.1 Å². The molecule has 1 N–H and O–H groups in total. The molecule has 20 heavy (non-hydrogen) atoms. The van der Waals surface area contributed by atoms with Gasteiger partial charge in [-0.1, -0.05) is 0 Å². The Morgan fingerprint density at radius 1 is 1.55 bits per heavy atom. The van der Waals surface area contributed by atoms with Crippen molar-refractivity contribution in [1.29, 1.82) is 0 Å². The topological polar surface area (TPSA) is 89.3 Å². The predicted molar refractivity (Wildman–Crippen MR) is 73.7 cm³/mol. The number of nitro benzene ring substituents is 1. The number of carbonyl (C=O) groups excluding carboxylic acids is 1. The Morgan fingerprint density at radius 3 is 2.65 bits per heavy atom. The number of hydrogen-bond donors (Lipinski definition) is 1. The van der Waals surface area contributed by atoms with Crippen molar-refractivity contribution in [1.82, 2.24) is 5.32 Å². The van der Waals surface area contributed by atoms with E-state index < -0.39 is 33.5 Å². The fraction of sp³-hybridized carbons (Fsp3) is 0.417. The van der Waals surface area contributed by atoms with Gasteiger partial charge in [-0.05, 0) is 19.4 Å². The van der Waals surface area contributed by atoms with Crippen LogP contribution in [0.1, 0.15) is 22.8 Å². The van der Waals surface area contributed by atoms with Crippen LogP contribution in [0, 0.1) is 22.9 Å². The molecule has 1 aromatic rings. The number of halogens is 1. The monoisotopic (exact) mass is 302 g/mol. The lowest BCUT2D eigenvalue weighted by molar-refractivity contribution is -0.385. The van der Waals surface area contributed by atoms with E-state index in [1.165, 1.54) is 13.2 Å². The molecule has 2 atom stereocenters. The largest absolute Gasteiger partial charge is 0.349 e. The van der Waals surface area contributed by atoms with Crippen LogP contribution >= 0.6 is 0 Å². The normalized spacial score (nSPS) is 13.6. The first kappa shape index (κ1) is 16.2. The summed E-state index contributed by atoms with van der Waals surface area (Å²) in [6.45, 7) is 2.98. The van der Waals surface area contributed by atoms with Gasteiger partial charge in [0.05, 0.1) is 10.5 Å². The Hall–Kier alpha value is -1.83. The first-order valence-electron chi connectivity index (χ1n) is 5.77. The molecule has 8 heteroatoms. The van der Waals surface area contributed by atoms with E-state index in [2.05, 4.69) is 5.32 Å². The molecule has 0 saturated heterocycles. The number of nitrogens with zero attached hydrogens (tertiary/aromatic N) is 1. The quantitative estimate of drug-likeness (QED) is 0.660. The van der Waals surface area contributed by atoms with E-state index in [1.54, 1.807) is 6.92 Å². The maximum atomic E-state index is 13.9. The fourth-order valence-electron chi connectivity index (χ4n) is 1.72. The van der Waals surface area contributed by atoms with Crippen molar-refractivity contribution in [2.24, 2.45) is 0 Å². The summed E-state index contributed by atoms with van der Waals surface area (Å²) in [5.41, 5.74) is -0.706. The smallest absolute Gasteiger partial charge is 0.270 e. The molecule has 0 saturated carbocycles. The molecule has 1 rings (SSSR count). The van der Waals surface area contributed by atoms with Gasteiger partial charge >= 0.3 is 0 Å². The standard InChI is InChI=1S/C12H15FN2O4S/c1-7-4-9(15(17)18)5-10(11(7)13)12(16)14-8(2)6-20(3)19/h4-5,8H,6H2,1-3H3,(H,14,16). The predicted octanol–water partition coefficient (Wildman–Crippen LogP) is 1.54. The number of hydrogen-bond acceptors (Lipinski definition) is 4. The van der Waals surface area contributed by atoms with Crippen LogP contribution < -0.4 is 5.32 Å². The minimum Gasteiger partial charge on any atom is -0.349 e. The SMILES string of the molecule is Cc1cc([N+](=O)[O-])cc(C(=O)NC(C)CS(C)=O)c1F. The molecule has 0 radical (unpaired) electrons. The van der Waals surface area contributed by atoms with E-state index in [4.69, 9.17) is 0 Å². The number of aryl methyl sites for hydroxylation is 1. The molecular formula is C12H15FN2O4S. The lowest BCUT2D eigenvalue weighted by Crippen LogP contribution is -2.36. The third-order valence-corrected chi connectivity index (χ3v) is 3.53. The van der Waals surface area contributed by atoms with E-state index in [9.17, 15) is 23.5 Å². The van der Waals surface area contributed by atoms with Crippen molar-refractivity contribution in [3.8, 4) is 0 Å². The molecule has 0 spiro atoms. The van der Waals surface area contributed by atoms with Crippen LogP contribution in [-0.2, 0) is 10.8 Å². The van der Waals surface area contributed by atoms with E-state index in [-0.39, 0.29) is 22.6 Å². The summed E-state index contributed by atoms with van der Waals surface area (Å²) >= 11 is 0. The fourth-order valence-corrected chi connectivity index (χ4v) is 2.50. The number of rotatable bonds is 5. The molecule has 0 fully saturated rings. The number of benzene rings is 1. The summed E-state index contributed by atoms with van der Waals surface area (Å²) in [6.07, 6.45) is 1.49. The van der Waals surface area contributed by atoms with Gasteiger partial charge in [0.2, 0.25) is 0 Å². The molecule has 110 valence electrons. The first-order valence-corrected chi connectivity index (χ1v) is 7.50. The van der Waals surface area contributed by atoms with Gasteiger partial charge in [0.15, 0.2) is 0 Å². The Labute approximate surface area is 118 Å². The molecule has 0 aromatic heterocycles. The molecular weight excluding hydrogens is 287 g/mol. The van der Waals surface area contributed by atoms with Gasteiger partial charge in [-0.15, -0.1) is 0 Å². The third kappa shape index (κ3) is 4.09. The van der Waals surface area contributed by atoms with Crippen molar-refractivity contribution in [2.45, 2.75) is 19.9 Å². The maximum absolute atomic E-state index is 13.9. The molecule has 1 aromatic carbocycles. The molecule has 0 aliphatic rings. The molecule has 1 amide bonds. The number of carbonyl (C=O) groups is 1. The average molecular weight is 302 g/mol. The zero-order valence-electron chi connectivity index (χ0n) is 11.3. The average Bonchev–Trinajstić information content (AvgIpc) is 2.30. The van der Waals surface area contributed by atoms with Crippen molar-refractivity contribution < 1.29 is 18.3 Å². The molecule has 0 aliphatic heterocycles. The minimum atomic E-state index is -1.11. The summed E-state index contributed by atoms with van der Waals surface area (Å²) in [6, 6.07) is 1.54. The lowest BCUT2D eigenvalue weighted by Gasteiger charge is -2.13. The second-order valence-electron chi connectivity index (χ2n) is 4.50. The zero-order valence-corrected chi connectivity index (χ0v) is 12.1. The highest BCUT2D eigenvalue weighted by Crippen LogP contribution is 2.21. The van der Waals surface area contributed by atoms with Gasteiger partial charge in [0.25, 0.3) is 11.6 Å². The number of amides is 1. The molecule has 2 unspecified atom stereocenters. The van der Waals surface area contributed by atoms with Gasteiger partial charge < -0.3 is 5.32 Å². The number of non-ortho nitro benzene ring substituents is 1. The van der Waals surface area contributed by atoms with Crippen LogP contribution in [0.15, 0.2) is 12.1 Å². The van der Waals surface area contributed by atoms with Crippen LogP contribution in [0.3, 0.4) is 0 Å². The van der Waals surface area contributed by atoms with Crippen LogP contribution in [0.25, 0.3) is 0 Å². The second kappa shape index (κ2) is 6.56. The number of nitro groups is 1. The van der Waals surface area contributed by atoms with Crippen molar-refractivity contribution >= 4 is 22.4 Å². The molecule has 6 nitrogen and oxygen atoms in total. The van der Waals surface area contributed by atoms with Crippen LogP contribution in [0.5, 0.6) is 0 Å². The van der Waals surface area contributed by atoms with Gasteiger partial charge in [0.1, 0.15) is 5.82 Å². The Morgan fingerprint density at radius 2 is 2.15 bits per heavy atom. The highest BCUT2D eigenvalue weighted by atomic mass is 32.2. The van der Waals surface area contributed by atoms with Gasteiger partial charge in [-0.3, -0.25) is 19.1 Å². The summed E-state index contributed by atoms with van der Waals surface area (Å²) in [4.78, 5) is 21.9. The summed E-state index contributed by atoms with van der Waals surface area (Å²) in [5.74, 6) is -1.33. The Balaban J connectivity index is 3.03. The van der Waals surface area contributed by atoms with E-state index in [1.807, 2.05) is 0 Å². The highest BCUT2D eigenvalue weighted by Gasteiger charge is 2.21. The lowest BCUT2D eigenvalue weighted by atomic mass is 10.1. The third-order valence-electron chi connectivity index (χ3n) is 2.56. The van der Waals surface area contributed by atoms with E-state index >= 15 is 0 Å².